The number of carbonyl (C=O) groups is 3. The van der Waals surface area contributed by atoms with Gasteiger partial charge in [-0.3, -0.25) is 9.59 Å². The van der Waals surface area contributed by atoms with Crippen molar-refractivity contribution in [2.45, 2.75) is 25.3 Å². The summed E-state index contributed by atoms with van der Waals surface area (Å²) in [4.78, 5) is 40.6. The van der Waals surface area contributed by atoms with Crippen molar-refractivity contribution in [2.75, 3.05) is 30.5 Å². The molecule has 4 aromatic carbocycles. The Kier molecular flexibility index (Phi) is 9.74. The van der Waals surface area contributed by atoms with Crippen molar-refractivity contribution in [3.8, 4) is 5.75 Å². The number of ketones is 1. The van der Waals surface area contributed by atoms with Gasteiger partial charge >= 0.3 is 5.97 Å². The van der Waals surface area contributed by atoms with Crippen molar-refractivity contribution in [3.63, 3.8) is 0 Å². The van der Waals surface area contributed by atoms with E-state index in [1.54, 1.807) is 41.3 Å². The second-order valence-corrected chi connectivity index (χ2v) is 10.8. The molecule has 1 amide bonds. The molecule has 1 atom stereocenters. The molecule has 43 heavy (non-hydrogen) atoms. The van der Waals surface area contributed by atoms with Crippen molar-refractivity contribution in [2.24, 2.45) is 5.92 Å². The highest BCUT2D eigenvalue weighted by Crippen LogP contribution is 2.35. The van der Waals surface area contributed by atoms with Gasteiger partial charge in [-0.05, 0) is 54.8 Å². The fourth-order valence-electron chi connectivity index (χ4n) is 4.86. The number of ether oxygens (including phenoxy) is 2. The van der Waals surface area contributed by atoms with E-state index in [-0.39, 0.29) is 17.6 Å². The first kappa shape index (κ1) is 29.9. The predicted molar refractivity (Wildman–Crippen MR) is 168 cm³/mol. The molecule has 0 aliphatic heterocycles. The largest absolute Gasteiger partial charge is 0.492 e. The molecule has 0 unspecified atom stereocenters. The molecule has 0 aromatic heterocycles. The van der Waals surface area contributed by atoms with Crippen LogP contribution in [-0.2, 0) is 20.7 Å². The number of rotatable bonds is 13. The molecule has 1 N–H and O–H groups in total. The van der Waals surface area contributed by atoms with Crippen LogP contribution in [-0.4, -0.2) is 44.0 Å². The summed E-state index contributed by atoms with van der Waals surface area (Å²) in [5.41, 5.74) is 3.15. The van der Waals surface area contributed by atoms with Gasteiger partial charge in [-0.1, -0.05) is 78.3 Å². The summed E-state index contributed by atoms with van der Waals surface area (Å²) in [7, 11) is 1.34. The normalized spacial score (nSPS) is 13.1. The average molecular weight is 597 g/mol. The van der Waals surface area contributed by atoms with Gasteiger partial charge in [0.15, 0.2) is 5.78 Å². The summed E-state index contributed by atoms with van der Waals surface area (Å²) in [6.07, 6.45) is 2.13. The molecule has 5 rings (SSSR count). The van der Waals surface area contributed by atoms with Crippen LogP contribution in [0.1, 0.15) is 34.3 Å². The van der Waals surface area contributed by atoms with Crippen LogP contribution in [0, 0.1) is 5.92 Å². The standard InChI is InChI=1S/C35H33ClN2O5/c1-42-35(41)31(37-30-13-7-5-11-28(30)33(39)25-9-3-2-4-10-25)23-24-15-19-27(20-16-24)43-22-21-38(34(40)26-17-18-26)32-14-8-6-12-29(32)36/h2-16,19-20,26,31,37H,17-18,21-23H2,1H3/t31-/m0/s1. The van der Waals surface area contributed by atoms with Crippen LogP contribution in [0.5, 0.6) is 5.75 Å². The van der Waals surface area contributed by atoms with Gasteiger partial charge in [0, 0.05) is 29.2 Å². The van der Waals surface area contributed by atoms with E-state index in [0.717, 1.165) is 18.4 Å². The number of esters is 1. The summed E-state index contributed by atoms with van der Waals surface area (Å²) in [6, 6.07) is 30.2. The average Bonchev–Trinajstić information content (AvgIpc) is 3.90. The maximum atomic E-state index is 13.2. The quantitative estimate of drug-likeness (QED) is 0.138. The van der Waals surface area contributed by atoms with Crippen molar-refractivity contribution in [3.05, 3.63) is 125 Å². The van der Waals surface area contributed by atoms with Crippen LogP contribution in [0.15, 0.2) is 103 Å². The molecule has 0 bridgehead atoms. The van der Waals surface area contributed by atoms with Gasteiger partial charge in [0.05, 0.1) is 24.4 Å². The number of benzene rings is 4. The molecule has 1 aliphatic carbocycles. The van der Waals surface area contributed by atoms with Gasteiger partial charge in [-0.25, -0.2) is 4.79 Å². The van der Waals surface area contributed by atoms with E-state index >= 15 is 0 Å². The number of amides is 1. The molecular weight excluding hydrogens is 564 g/mol. The van der Waals surface area contributed by atoms with Gasteiger partial charge in [0.1, 0.15) is 18.4 Å². The summed E-state index contributed by atoms with van der Waals surface area (Å²) in [5, 5.41) is 3.76. The van der Waals surface area contributed by atoms with Gasteiger partial charge in [0.25, 0.3) is 0 Å². The number of carbonyl (C=O) groups excluding carboxylic acids is 3. The Morgan fingerprint density at radius 1 is 0.884 bits per heavy atom. The van der Waals surface area contributed by atoms with E-state index in [1.165, 1.54) is 7.11 Å². The fraction of sp³-hybridized carbons (Fsp3) is 0.229. The van der Waals surface area contributed by atoms with Crippen LogP contribution < -0.4 is 15.0 Å². The van der Waals surface area contributed by atoms with E-state index in [2.05, 4.69) is 5.32 Å². The highest BCUT2D eigenvalue weighted by atomic mass is 35.5. The van der Waals surface area contributed by atoms with E-state index in [9.17, 15) is 14.4 Å². The molecule has 1 saturated carbocycles. The second-order valence-electron chi connectivity index (χ2n) is 10.4. The topological polar surface area (TPSA) is 84.9 Å². The Labute approximate surface area is 256 Å². The number of hydrogen-bond donors (Lipinski definition) is 1. The SMILES string of the molecule is COC(=O)[C@H](Cc1ccc(OCCN(C(=O)C2CC2)c2ccccc2Cl)cc1)Nc1ccccc1C(=O)c1ccccc1. The number of hydrogen-bond acceptors (Lipinski definition) is 6. The first-order chi connectivity index (χ1) is 20.9. The number of para-hydroxylation sites is 2. The molecule has 0 radical (unpaired) electrons. The third-order valence-corrected chi connectivity index (χ3v) is 7.63. The number of halogens is 1. The second kappa shape index (κ2) is 14.0. The minimum atomic E-state index is -0.723. The summed E-state index contributed by atoms with van der Waals surface area (Å²) < 4.78 is 11.0. The van der Waals surface area contributed by atoms with Gasteiger partial charge in [0.2, 0.25) is 5.91 Å². The van der Waals surface area contributed by atoms with Crippen LogP contribution in [0.2, 0.25) is 5.02 Å². The maximum absolute atomic E-state index is 13.2. The minimum Gasteiger partial charge on any atom is -0.492 e. The number of nitrogens with one attached hydrogen (secondary N) is 1. The zero-order valence-electron chi connectivity index (χ0n) is 23.9. The third kappa shape index (κ3) is 7.62. The van der Waals surface area contributed by atoms with Gasteiger partial charge in [-0.2, -0.15) is 0 Å². The van der Waals surface area contributed by atoms with Crippen LogP contribution >= 0.6 is 11.6 Å². The summed E-state index contributed by atoms with van der Waals surface area (Å²) in [5.74, 6) is 0.182. The maximum Gasteiger partial charge on any atom is 0.328 e. The zero-order valence-corrected chi connectivity index (χ0v) is 24.6. The fourth-order valence-corrected chi connectivity index (χ4v) is 5.10. The third-order valence-electron chi connectivity index (χ3n) is 7.31. The molecule has 7 nitrogen and oxygen atoms in total. The van der Waals surface area contributed by atoms with Crippen LogP contribution in [0.4, 0.5) is 11.4 Å². The Morgan fingerprint density at radius 3 is 2.26 bits per heavy atom. The lowest BCUT2D eigenvalue weighted by atomic mass is 10.00. The zero-order chi connectivity index (χ0) is 30.2. The molecule has 0 heterocycles. The monoisotopic (exact) mass is 596 g/mol. The molecule has 8 heteroatoms. The molecule has 220 valence electrons. The highest BCUT2D eigenvalue weighted by Gasteiger charge is 2.34. The minimum absolute atomic E-state index is 0.0512. The summed E-state index contributed by atoms with van der Waals surface area (Å²) in [6.45, 7) is 0.665. The summed E-state index contributed by atoms with van der Waals surface area (Å²) >= 11 is 6.39. The molecule has 4 aromatic rings. The van der Waals surface area contributed by atoms with Crippen molar-refractivity contribution >= 4 is 40.6 Å². The van der Waals surface area contributed by atoms with E-state index in [1.807, 2.05) is 66.7 Å². The van der Waals surface area contributed by atoms with Crippen molar-refractivity contribution < 1.29 is 23.9 Å². The molecule has 0 spiro atoms. The van der Waals surface area contributed by atoms with E-state index in [0.29, 0.717) is 52.8 Å². The molecule has 0 saturated heterocycles. The van der Waals surface area contributed by atoms with Crippen molar-refractivity contribution in [1.29, 1.82) is 0 Å². The number of methoxy groups -OCH3 is 1. The van der Waals surface area contributed by atoms with Crippen LogP contribution in [0.25, 0.3) is 0 Å². The number of nitrogens with zero attached hydrogens (tertiary/aromatic N) is 1. The Balaban J connectivity index is 1.23. The Morgan fingerprint density at radius 2 is 1.56 bits per heavy atom. The van der Waals surface area contributed by atoms with Gasteiger partial charge < -0.3 is 19.7 Å². The highest BCUT2D eigenvalue weighted by molar-refractivity contribution is 6.33. The lowest BCUT2D eigenvalue weighted by Gasteiger charge is -2.24. The molecule has 1 fully saturated rings. The lowest BCUT2D eigenvalue weighted by molar-refractivity contribution is -0.141. The number of anilines is 2. The first-order valence-electron chi connectivity index (χ1n) is 14.3. The molecule has 1 aliphatic rings. The molecular formula is C35H33ClN2O5. The Hall–Kier alpha value is -4.62. The van der Waals surface area contributed by atoms with E-state index in [4.69, 9.17) is 21.1 Å². The van der Waals surface area contributed by atoms with Crippen molar-refractivity contribution in [1.82, 2.24) is 0 Å². The van der Waals surface area contributed by atoms with Gasteiger partial charge in [-0.15, -0.1) is 0 Å². The Bertz CT molecular complexity index is 1570. The predicted octanol–water partition coefficient (Wildman–Crippen LogP) is 6.59. The van der Waals surface area contributed by atoms with Crippen LogP contribution in [0.3, 0.4) is 0 Å². The first-order valence-corrected chi connectivity index (χ1v) is 14.6. The smallest absolute Gasteiger partial charge is 0.328 e. The van der Waals surface area contributed by atoms with E-state index < -0.39 is 12.0 Å². The lowest BCUT2D eigenvalue weighted by Crippen LogP contribution is -2.36.